The summed E-state index contributed by atoms with van der Waals surface area (Å²) in [5.41, 5.74) is 3.76. The van der Waals surface area contributed by atoms with Crippen LogP contribution in [0.25, 0.3) is 0 Å². The normalized spacial score (nSPS) is 23.1. The highest BCUT2D eigenvalue weighted by atomic mass is 35.5. The molecule has 2 fully saturated rings. The molecule has 29 heavy (non-hydrogen) atoms. The van der Waals surface area contributed by atoms with Crippen molar-refractivity contribution in [2.45, 2.75) is 38.5 Å². The van der Waals surface area contributed by atoms with Gasteiger partial charge in [-0.15, -0.1) is 0 Å². The van der Waals surface area contributed by atoms with E-state index in [0.29, 0.717) is 40.4 Å². The average Bonchev–Trinajstić information content (AvgIpc) is 2.99. The van der Waals surface area contributed by atoms with Crippen LogP contribution in [-0.4, -0.2) is 43.9 Å². The van der Waals surface area contributed by atoms with E-state index in [4.69, 9.17) is 11.6 Å². The predicted octanol–water partition coefficient (Wildman–Crippen LogP) is 4.20. The van der Waals surface area contributed by atoms with Crippen LogP contribution < -0.4 is 4.90 Å². The molecule has 1 aromatic carbocycles. The third-order valence-corrected chi connectivity index (χ3v) is 8.78. The lowest BCUT2D eigenvalue weighted by Gasteiger charge is -2.24. The molecule has 156 valence electrons. The third-order valence-electron chi connectivity index (χ3n) is 6.40. The predicted molar refractivity (Wildman–Crippen MR) is 117 cm³/mol. The number of benzene rings is 1. The molecule has 0 radical (unpaired) electrons. The maximum absolute atomic E-state index is 13.3. The number of hydrogen-bond donors (Lipinski definition) is 0. The van der Waals surface area contributed by atoms with Gasteiger partial charge in [0.1, 0.15) is 0 Å². The highest BCUT2D eigenvalue weighted by Gasteiger charge is 2.40. The Hall–Kier alpha value is -1.63. The van der Waals surface area contributed by atoms with Gasteiger partial charge in [-0.1, -0.05) is 11.6 Å². The molecule has 0 unspecified atom stereocenters. The summed E-state index contributed by atoms with van der Waals surface area (Å²) in [4.78, 5) is 7.10. The number of aromatic nitrogens is 1. The van der Waals surface area contributed by atoms with Gasteiger partial charge in [-0.05, 0) is 80.8 Å². The van der Waals surface area contributed by atoms with Gasteiger partial charge < -0.3 is 4.90 Å². The summed E-state index contributed by atoms with van der Waals surface area (Å²) < 4.78 is 28.4. The van der Waals surface area contributed by atoms with Crippen LogP contribution in [0.15, 0.2) is 35.4 Å². The molecule has 0 spiro atoms. The second kappa shape index (κ2) is 7.89. The number of anilines is 1. The van der Waals surface area contributed by atoms with E-state index in [1.165, 1.54) is 5.69 Å². The summed E-state index contributed by atoms with van der Waals surface area (Å²) in [6.45, 7) is 8.81. The van der Waals surface area contributed by atoms with E-state index in [0.717, 1.165) is 37.2 Å². The van der Waals surface area contributed by atoms with Crippen molar-refractivity contribution in [3.05, 3.63) is 52.3 Å². The van der Waals surface area contributed by atoms with Gasteiger partial charge in [-0.3, -0.25) is 4.98 Å². The van der Waals surface area contributed by atoms with Crippen molar-refractivity contribution in [1.82, 2.24) is 9.29 Å². The van der Waals surface area contributed by atoms with E-state index in [9.17, 15) is 8.42 Å². The van der Waals surface area contributed by atoms with Crippen LogP contribution in [0.3, 0.4) is 0 Å². The van der Waals surface area contributed by atoms with Crippen LogP contribution in [0, 0.1) is 32.6 Å². The minimum atomic E-state index is -3.50. The molecule has 0 bridgehead atoms. The number of fused-ring (bicyclic) bond motifs is 1. The molecular weight excluding hydrogens is 406 g/mol. The van der Waals surface area contributed by atoms with E-state index < -0.39 is 10.0 Å². The number of sulfonamides is 1. The number of nitrogens with zero attached hydrogens (tertiary/aromatic N) is 3. The van der Waals surface area contributed by atoms with Crippen LogP contribution in [0.4, 0.5) is 5.69 Å². The SMILES string of the molecule is Cc1cc(N2CC[C@@H]3CN(S(=O)(=O)c4cc(C)c(Cl)cc4C)C[C@@H]3CC2)ccn1. The Balaban J connectivity index is 1.50. The molecule has 2 aliphatic rings. The van der Waals surface area contributed by atoms with E-state index >= 15 is 0 Å². The standard InChI is InChI=1S/C22H28ClN3O2S/c1-15-11-22(16(2)10-21(15)23)29(27,28)26-13-18-5-8-25(9-6-19(18)14-26)20-4-7-24-17(3)12-20/h4,7,10-12,18-19H,5-6,8-9,13-14H2,1-3H3/t18-,19+. The number of halogens is 1. The number of aryl methyl sites for hydroxylation is 3. The Morgan fingerprint density at radius 3 is 2.28 bits per heavy atom. The van der Waals surface area contributed by atoms with Crippen molar-refractivity contribution in [3.8, 4) is 0 Å². The first-order valence-electron chi connectivity index (χ1n) is 10.2. The Kier molecular flexibility index (Phi) is 5.62. The van der Waals surface area contributed by atoms with Crippen LogP contribution in [0.2, 0.25) is 5.02 Å². The monoisotopic (exact) mass is 433 g/mol. The minimum Gasteiger partial charge on any atom is -0.371 e. The molecule has 0 aliphatic carbocycles. The highest BCUT2D eigenvalue weighted by Crippen LogP contribution is 2.37. The Morgan fingerprint density at radius 2 is 1.66 bits per heavy atom. The number of hydrogen-bond acceptors (Lipinski definition) is 4. The first kappa shape index (κ1) is 20.6. The molecule has 2 saturated heterocycles. The zero-order chi connectivity index (χ0) is 20.8. The van der Waals surface area contributed by atoms with E-state index in [-0.39, 0.29) is 0 Å². The smallest absolute Gasteiger partial charge is 0.243 e. The highest BCUT2D eigenvalue weighted by molar-refractivity contribution is 7.89. The number of pyridine rings is 1. The Labute approximate surface area is 178 Å². The van der Waals surface area contributed by atoms with Crippen molar-refractivity contribution in [3.63, 3.8) is 0 Å². The van der Waals surface area contributed by atoms with Crippen LogP contribution in [0.1, 0.15) is 29.7 Å². The lowest BCUT2D eigenvalue weighted by Crippen LogP contribution is -2.31. The van der Waals surface area contributed by atoms with Gasteiger partial charge in [0.2, 0.25) is 10.0 Å². The molecular formula is C22H28ClN3O2S. The lowest BCUT2D eigenvalue weighted by atomic mass is 9.92. The largest absolute Gasteiger partial charge is 0.371 e. The van der Waals surface area contributed by atoms with Gasteiger partial charge in [-0.25, -0.2) is 8.42 Å². The molecule has 0 amide bonds. The molecule has 5 nitrogen and oxygen atoms in total. The molecule has 2 aromatic rings. The minimum absolute atomic E-state index is 0.393. The Morgan fingerprint density at radius 1 is 1.00 bits per heavy atom. The van der Waals surface area contributed by atoms with Crippen LogP contribution in [0.5, 0.6) is 0 Å². The first-order chi connectivity index (χ1) is 13.8. The summed E-state index contributed by atoms with van der Waals surface area (Å²) in [6, 6.07) is 7.67. The lowest BCUT2D eigenvalue weighted by molar-refractivity contribution is 0.409. The van der Waals surface area contributed by atoms with Crippen molar-refractivity contribution in [1.29, 1.82) is 0 Å². The van der Waals surface area contributed by atoms with Crippen molar-refractivity contribution in [2.75, 3.05) is 31.1 Å². The van der Waals surface area contributed by atoms with Crippen molar-refractivity contribution >= 4 is 27.3 Å². The fourth-order valence-corrected chi connectivity index (χ4v) is 6.72. The maximum atomic E-state index is 13.3. The average molecular weight is 434 g/mol. The second-order valence-corrected chi connectivity index (χ2v) is 10.7. The topological polar surface area (TPSA) is 53.5 Å². The quantitative estimate of drug-likeness (QED) is 0.728. The summed E-state index contributed by atoms with van der Waals surface area (Å²) >= 11 is 6.17. The molecule has 0 N–H and O–H groups in total. The molecule has 2 aliphatic heterocycles. The van der Waals surface area contributed by atoms with Gasteiger partial charge in [0.15, 0.2) is 0 Å². The van der Waals surface area contributed by atoms with Crippen LogP contribution in [-0.2, 0) is 10.0 Å². The van der Waals surface area contributed by atoms with E-state index in [1.807, 2.05) is 27.0 Å². The summed E-state index contributed by atoms with van der Waals surface area (Å²) in [6.07, 6.45) is 3.88. The molecule has 4 rings (SSSR count). The second-order valence-electron chi connectivity index (χ2n) is 8.43. The summed E-state index contributed by atoms with van der Waals surface area (Å²) in [5, 5.41) is 0.611. The molecule has 7 heteroatoms. The fourth-order valence-electron chi connectivity index (χ4n) is 4.66. The molecule has 3 heterocycles. The van der Waals surface area contributed by atoms with Gasteiger partial charge in [-0.2, -0.15) is 4.31 Å². The number of rotatable bonds is 3. The maximum Gasteiger partial charge on any atom is 0.243 e. The van der Waals surface area contributed by atoms with E-state index in [1.54, 1.807) is 16.4 Å². The van der Waals surface area contributed by atoms with Crippen LogP contribution >= 0.6 is 11.6 Å². The van der Waals surface area contributed by atoms with Gasteiger partial charge in [0.25, 0.3) is 0 Å². The van der Waals surface area contributed by atoms with Gasteiger partial charge >= 0.3 is 0 Å². The fraction of sp³-hybridized carbons (Fsp3) is 0.500. The Bertz CT molecular complexity index is 1010. The zero-order valence-corrected chi connectivity index (χ0v) is 18.8. The molecule has 1 aromatic heterocycles. The zero-order valence-electron chi connectivity index (χ0n) is 17.2. The van der Waals surface area contributed by atoms with E-state index in [2.05, 4.69) is 22.0 Å². The molecule has 2 atom stereocenters. The molecule has 0 saturated carbocycles. The van der Waals surface area contributed by atoms with Gasteiger partial charge in [0, 0.05) is 48.8 Å². The summed E-state index contributed by atoms with van der Waals surface area (Å²) in [7, 11) is -3.50. The summed E-state index contributed by atoms with van der Waals surface area (Å²) in [5.74, 6) is 0.817. The first-order valence-corrected chi connectivity index (χ1v) is 12.0. The third kappa shape index (κ3) is 4.03. The van der Waals surface area contributed by atoms with Crippen molar-refractivity contribution in [2.24, 2.45) is 11.8 Å². The van der Waals surface area contributed by atoms with Crippen molar-refractivity contribution < 1.29 is 8.42 Å². The van der Waals surface area contributed by atoms with Gasteiger partial charge in [0.05, 0.1) is 4.90 Å².